The highest BCUT2D eigenvalue weighted by Gasteiger charge is 2.25. The summed E-state index contributed by atoms with van der Waals surface area (Å²) in [5.74, 6) is 0. The normalized spacial score (nSPS) is 12.0. The van der Waals surface area contributed by atoms with E-state index in [-0.39, 0.29) is 0 Å². The van der Waals surface area contributed by atoms with Crippen LogP contribution in [-0.4, -0.2) is 24.1 Å². The van der Waals surface area contributed by atoms with Crippen molar-refractivity contribution in [2.24, 2.45) is 0 Å². The van der Waals surface area contributed by atoms with Gasteiger partial charge >= 0.3 is 0 Å². The maximum atomic E-state index is 5.02. The summed E-state index contributed by atoms with van der Waals surface area (Å²) >= 11 is 0. The molecule has 0 N–H and O–H groups in total. The van der Waals surface area contributed by atoms with Gasteiger partial charge in [0.15, 0.2) is 0 Å². The molecule has 0 bridgehead atoms. The predicted octanol–water partition coefficient (Wildman–Crippen LogP) is 8.37. The highest BCUT2D eigenvalue weighted by Crippen LogP contribution is 2.46. The molecule has 0 fully saturated rings. The standard InChI is InChI=1S/C35H21N5/c1-2-10-22(11-3-1)39-27-16-6-4-12-23(27)30-25-14-9-19-37-32(25)31-24-13-5-7-17-28(24)40(35(31)34(30)39)29-18-8-15-26-33(29)38-21-20-36-26/h1-21H. The maximum absolute atomic E-state index is 5.02. The van der Waals surface area contributed by atoms with Gasteiger partial charge in [-0.15, -0.1) is 0 Å². The maximum Gasteiger partial charge on any atom is 0.113 e. The molecule has 0 saturated heterocycles. The van der Waals surface area contributed by atoms with Crippen molar-refractivity contribution in [2.45, 2.75) is 0 Å². The average Bonchev–Trinajstić information content (AvgIpc) is 3.55. The lowest BCUT2D eigenvalue weighted by molar-refractivity contribution is 1.15. The number of pyridine rings is 1. The predicted molar refractivity (Wildman–Crippen MR) is 164 cm³/mol. The molecule has 0 unspecified atom stereocenters. The van der Waals surface area contributed by atoms with E-state index in [1.54, 1.807) is 12.4 Å². The Morgan fingerprint density at radius 2 is 1.07 bits per heavy atom. The summed E-state index contributed by atoms with van der Waals surface area (Å²) in [6, 6.07) is 38.4. The number of rotatable bonds is 2. The van der Waals surface area contributed by atoms with Crippen molar-refractivity contribution in [3.8, 4) is 11.4 Å². The fourth-order valence-corrected chi connectivity index (χ4v) is 6.50. The van der Waals surface area contributed by atoms with Crippen LogP contribution in [0.4, 0.5) is 0 Å². The molecule has 0 aliphatic heterocycles. The third-order valence-electron chi connectivity index (χ3n) is 8.02. The molecular formula is C35H21N5. The summed E-state index contributed by atoms with van der Waals surface area (Å²) in [6.45, 7) is 0. The summed E-state index contributed by atoms with van der Waals surface area (Å²) in [5.41, 5.74) is 9.39. The van der Waals surface area contributed by atoms with E-state index in [1.807, 2.05) is 18.3 Å². The van der Waals surface area contributed by atoms with Crippen molar-refractivity contribution in [1.82, 2.24) is 24.1 Å². The Morgan fingerprint density at radius 1 is 0.425 bits per heavy atom. The first kappa shape index (κ1) is 21.4. The van der Waals surface area contributed by atoms with E-state index >= 15 is 0 Å². The Kier molecular flexibility index (Phi) is 4.27. The lowest BCUT2D eigenvalue weighted by atomic mass is 10.0. The molecule has 0 radical (unpaired) electrons. The van der Waals surface area contributed by atoms with Crippen LogP contribution < -0.4 is 0 Å². The van der Waals surface area contributed by atoms with Crippen LogP contribution in [0.25, 0.3) is 76.9 Å². The van der Waals surface area contributed by atoms with Gasteiger partial charge in [0.25, 0.3) is 0 Å². The van der Waals surface area contributed by atoms with E-state index in [0.29, 0.717) is 0 Å². The molecule has 4 heterocycles. The second-order valence-electron chi connectivity index (χ2n) is 10.1. The summed E-state index contributed by atoms with van der Waals surface area (Å²) in [6.07, 6.45) is 5.42. The van der Waals surface area contributed by atoms with Gasteiger partial charge in [0, 0.05) is 51.2 Å². The largest absolute Gasteiger partial charge is 0.307 e. The highest BCUT2D eigenvalue weighted by molar-refractivity contribution is 6.35. The average molecular weight is 512 g/mol. The van der Waals surface area contributed by atoms with Crippen LogP contribution in [-0.2, 0) is 0 Å². The monoisotopic (exact) mass is 511 g/mol. The minimum absolute atomic E-state index is 0.865. The topological polar surface area (TPSA) is 48.5 Å². The highest BCUT2D eigenvalue weighted by atomic mass is 15.1. The number of aromatic nitrogens is 5. The first-order chi connectivity index (χ1) is 19.9. The summed E-state index contributed by atoms with van der Waals surface area (Å²) < 4.78 is 4.78. The molecule has 186 valence electrons. The molecule has 5 heteroatoms. The van der Waals surface area contributed by atoms with Crippen LogP contribution in [0, 0.1) is 0 Å². The van der Waals surface area contributed by atoms with Gasteiger partial charge in [-0.3, -0.25) is 15.0 Å². The van der Waals surface area contributed by atoms with E-state index in [1.165, 1.54) is 10.8 Å². The first-order valence-corrected chi connectivity index (χ1v) is 13.4. The molecule has 5 aromatic carbocycles. The van der Waals surface area contributed by atoms with Crippen molar-refractivity contribution in [3.63, 3.8) is 0 Å². The van der Waals surface area contributed by atoms with Crippen LogP contribution >= 0.6 is 0 Å². The van der Waals surface area contributed by atoms with Crippen molar-refractivity contribution in [1.29, 1.82) is 0 Å². The van der Waals surface area contributed by atoms with Crippen LogP contribution in [0.1, 0.15) is 0 Å². The quantitative estimate of drug-likeness (QED) is 0.234. The fraction of sp³-hybridized carbons (Fsp3) is 0. The molecular weight excluding hydrogens is 490 g/mol. The zero-order valence-electron chi connectivity index (χ0n) is 21.4. The molecule has 0 amide bonds. The van der Waals surface area contributed by atoms with E-state index in [0.717, 1.165) is 66.2 Å². The van der Waals surface area contributed by atoms with Gasteiger partial charge < -0.3 is 9.13 Å². The third kappa shape index (κ3) is 2.73. The fourth-order valence-electron chi connectivity index (χ4n) is 6.50. The van der Waals surface area contributed by atoms with Gasteiger partial charge in [-0.25, -0.2) is 0 Å². The van der Waals surface area contributed by atoms with Crippen molar-refractivity contribution in [2.75, 3.05) is 0 Å². The van der Waals surface area contributed by atoms with Gasteiger partial charge in [-0.05, 0) is 42.5 Å². The molecule has 0 spiro atoms. The molecule has 0 aliphatic carbocycles. The zero-order valence-corrected chi connectivity index (χ0v) is 21.4. The van der Waals surface area contributed by atoms with Crippen LogP contribution in [0.3, 0.4) is 0 Å². The Balaban J connectivity index is 1.67. The first-order valence-electron chi connectivity index (χ1n) is 13.4. The minimum Gasteiger partial charge on any atom is -0.307 e. The van der Waals surface area contributed by atoms with E-state index in [2.05, 4.69) is 111 Å². The number of hydrogen-bond donors (Lipinski definition) is 0. The summed E-state index contributed by atoms with van der Waals surface area (Å²) in [5, 5.41) is 5.85. The second-order valence-corrected chi connectivity index (χ2v) is 10.1. The molecule has 4 aromatic heterocycles. The third-order valence-corrected chi connectivity index (χ3v) is 8.02. The Bertz CT molecular complexity index is 2430. The van der Waals surface area contributed by atoms with Crippen LogP contribution in [0.15, 0.2) is 128 Å². The van der Waals surface area contributed by atoms with Crippen molar-refractivity contribution < 1.29 is 0 Å². The Hall–Kier alpha value is -5.55. The lowest BCUT2D eigenvalue weighted by Gasteiger charge is -2.14. The number of para-hydroxylation sites is 4. The molecule has 9 aromatic rings. The number of benzene rings is 5. The number of nitrogens with zero attached hydrogens (tertiary/aromatic N) is 5. The van der Waals surface area contributed by atoms with Gasteiger partial charge in [0.05, 0.1) is 38.8 Å². The number of fused-ring (bicyclic) bond motifs is 11. The van der Waals surface area contributed by atoms with E-state index in [4.69, 9.17) is 9.97 Å². The van der Waals surface area contributed by atoms with Gasteiger partial charge in [0.1, 0.15) is 5.52 Å². The van der Waals surface area contributed by atoms with Gasteiger partial charge in [-0.1, -0.05) is 66.7 Å². The van der Waals surface area contributed by atoms with Crippen LogP contribution in [0.2, 0.25) is 0 Å². The van der Waals surface area contributed by atoms with Gasteiger partial charge in [-0.2, -0.15) is 0 Å². The molecule has 0 saturated carbocycles. The van der Waals surface area contributed by atoms with Crippen molar-refractivity contribution in [3.05, 3.63) is 128 Å². The second kappa shape index (κ2) is 7.98. The Morgan fingerprint density at radius 3 is 1.93 bits per heavy atom. The SMILES string of the molecule is c1ccc(-n2c3ccccc3c3c4cccnc4c4c5ccccc5n(-c5cccc6nccnc56)c4c32)cc1. The molecule has 0 aliphatic rings. The lowest BCUT2D eigenvalue weighted by Crippen LogP contribution is -2.00. The molecule has 0 atom stereocenters. The summed E-state index contributed by atoms with van der Waals surface area (Å²) in [7, 11) is 0. The summed E-state index contributed by atoms with van der Waals surface area (Å²) in [4.78, 5) is 14.5. The molecule has 9 rings (SSSR count). The van der Waals surface area contributed by atoms with E-state index < -0.39 is 0 Å². The molecule has 5 nitrogen and oxygen atoms in total. The minimum atomic E-state index is 0.865. The zero-order chi connectivity index (χ0) is 26.2. The number of hydrogen-bond acceptors (Lipinski definition) is 3. The molecule has 40 heavy (non-hydrogen) atoms. The Labute approximate surface area is 228 Å². The van der Waals surface area contributed by atoms with Gasteiger partial charge in [0.2, 0.25) is 0 Å². The van der Waals surface area contributed by atoms with Crippen LogP contribution in [0.5, 0.6) is 0 Å². The van der Waals surface area contributed by atoms with Crippen molar-refractivity contribution >= 4 is 65.5 Å². The smallest absolute Gasteiger partial charge is 0.113 e. The van der Waals surface area contributed by atoms with E-state index in [9.17, 15) is 0 Å².